The monoisotopic (exact) mass is 352 g/mol. The van der Waals surface area contributed by atoms with Gasteiger partial charge in [-0.2, -0.15) is 0 Å². The summed E-state index contributed by atoms with van der Waals surface area (Å²) in [5, 5.41) is 10.6. The van der Waals surface area contributed by atoms with Crippen molar-refractivity contribution in [1.82, 2.24) is 0 Å². The lowest BCUT2D eigenvalue weighted by molar-refractivity contribution is 0.176. The largest absolute Gasteiger partial charge is 0.388 e. The molecule has 2 aliphatic carbocycles. The number of rotatable bonds is 5. The molecule has 0 amide bonds. The van der Waals surface area contributed by atoms with E-state index in [9.17, 15) is 13.5 Å². The number of sulfone groups is 1. The van der Waals surface area contributed by atoms with Gasteiger partial charge in [-0.15, -0.1) is 0 Å². The van der Waals surface area contributed by atoms with Gasteiger partial charge in [0.1, 0.15) is 0 Å². The number of aliphatic hydroxyl groups is 1. The normalized spacial score (nSPS) is 23.2. The van der Waals surface area contributed by atoms with E-state index in [1.807, 2.05) is 42.5 Å². The number of allylic oxidation sites excluding steroid dienone is 3. The number of benzene rings is 2. The van der Waals surface area contributed by atoms with Crippen molar-refractivity contribution in [3.63, 3.8) is 0 Å². The average molecular weight is 352 g/mol. The minimum Gasteiger partial charge on any atom is -0.388 e. The Morgan fingerprint density at radius 2 is 1.52 bits per heavy atom. The van der Waals surface area contributed by atoms with Crippen molar-refractivity contribution >= 4 is 9.84 Å². The van der Waals surface area contributed by atoms with Gasteiger partial charge in [-0.05, 0) is 29.7 Å². The highest BCUT2D eigenvalue weighted by Gasteiger charge is 2.42. The topological polar surface area (TPSA) is 54.4 Å². The SMILES string of the molecule is O=S(=O)(C1=C(CC(O)c2ccccc2)[C@H]2C=C[C@@H]1C2)c1ccccc1. The Morgan fingerprint density at radius 1 is 0.920 bits per heavy atom. The third-order valence-corrected chi connectivity index (χ3v) is 7.16. The van der Waals surface area contributed by atoms with Gasteiger partial charge in [0.25, 0.3) is 0 Å². The van der Waals surface area contributed by atoms with E-state index in [0.29, 0.717) is 16.2 Å². The zero-order chi connectivity index (χ0) is 17.4. The maximum absolute atomic E-state index is 13.2. The molecule has 0 saturated heterocycles. The van der Waals surface area contributed by atoms with Crippen molar-refractivity contribution in [1.29, 1.82) is 0 Å². The molecule has 0 fully saturated rings. The number of hydrogen-bond acceptors (Lipinski definition) is 3. The Morgan fingerprint density at radius 3 is 2.20 bits per heavy atom. The summed E-state index contributed by atoms with van der Waals surface area (Å²) in [6.07, 6.45) is 4.56. The first kappa shape index (κ1) is 16.3. The molecule has 0 saturated carbocycles. The van der Waals surface area contributed by atoms with Crippen molar-refractivity contribution < 1.29 is 13.5 Å². The Balaban J connectivity index is 1.73. The first-order chi connectivity index (χ1) is 12.1. The first-order valence-electron chi connectivity index (χ1n) is 8.52. The highest BCUT2D eigenvalue weighted by molar-refractivity contribution is 7.95. The standard InChI is InChI=1S/C21H20O3S/c22-20(15-7-3-1-4-8-15)14-19-16-11-12-17(13-16)21(19)25(23,24)18-9-5-2-6-10-18/h1-12,16-17,20,22H,13-14H2/t16-,17+,20?/m0/s1. The van der Waals surface area contributed by atoms with Crippen molar-refractivity contribution in [2.24, 2.45) is 11.8 Å². The minimum atomic E-state index is -3.53. The average Bonchev–Trinajstić information content (AvgIpc) is 3.25. The van der Waals surface area contributed by atoms with Gasteiger partial charge < -0.3 is 5.11 Å². The number of aliphatic hydroxyl groups excluding tert-OH is 1. The van der Waals surface area contributed by atoms with E-state index in [4.69, 9.17) is 0 Å². The fourth-order valence-electron chi connectivity index (χ4n) is 3.92. The summed E-state index contributed by atoms with van der Waals surface area (Å²) in [5.74, 6) is 0.0602. The van der Waals surface area contributed by atoms with Crippen LogP contribution in [0, 0.1) is 11.8 Å². The Kier molecular flexibility index (Phi) is 4.10. The van der Waals surface area contributed by atoms with E-state index in [-0.39, 0.29) is 11.8 Å². The third-order valence-electron chi connectivity index (χ3n) is 5.13. The lowest BCUT2D eigenvalue weighted by atomic mass is 9.94. The Hall–Kier alpha value is -2.17. The zero-order valence-electron chi connectivity index (χ0n) is 13.7. The molecule has 0 aliphatic heterocycles. The molecule has 1 N–H and O–H groups in total. The minimum absolute atomic E-state index is 0.0619. The number of fused-ring (bicyclic) bond motifs is 2. The quantitative estimate of drug-likeness (QED) is 0.826. The molecule has 4 rings (SSSR count). The van der Waals surface area contributed by atoms with Crippen LogP contribution in [0.5, 0.6) is 0 Å². The highest BCUT2D eigenvalue weighted by atomic mass is 32.2. The van der Waals surface area contributed by atoms with Crippen molar-refractivity contribution in [3.05, 3.63) is 88.9 Å². The van der Waals surface area contributed by atoms with E-state index in [1.165, 1.54) is 0 Å². The van der Waals surface area contributed by atoms with Crippen LogP contribution in [0.25, 0.3) is 0 Å². The molecular formula is C21H20O3S. The molecule has 0 heterocycles. The lowest BCUT2D eigenvalue weighted by Crippen LogP contribution is -2.13. The van der Waals surface area contributed by atoms with Crippen molar-refractivity contribution in [3.8, 4) is 0 Å². The van der Waals surface area contributed by atoms with E-state index in [2.05, 4.69) is 6.08 Å². The summed E-state index contributed by atoms with van der Waals surface area (Å²) in [5.41, 5.74) is 1.69. The zero-order valence-corrected chi connectivity index (χ0v) is 14.6. The molecule has 3 atom stereocenters. The summed E-state index contributed by atoms with van der Waals surface area (Å²) in [7, 11) is -3.53. The summed E-state index contributed by atoms with van der Waals surface area (Å²) < 4.78 is 26.4. The Bertz CT molecular complexity index is 928. The van der Waals surface area contributed by atoms with Crippen molar-refractivity contribution in [2.75, 3.05) is 0 Å². The van der Waals surface area contributed by atoms with Gasteiger partial charge in [0.05, 0.1) is 15.9 Å². The maximum Gasteiger partial charge on any atom is 0.203 e. The molecule has 2 aliphatic rings. The second-order valence-electron chi connectivity index (χ2n) is 6.67. The van der Waals surface area contributed by atoms with Gasteiger partial charge in [0.15, 0.2) is 0 Å². The van der Waals surface area contributed by atoms with Gasteiger partial charge in [0.2, 0.25) is 9.84 Å². The molecule has 25 heavy (non-hydrogen) atoms. The van der Waals surface area contributed by atoms with Crippen LogP contribution in [0.1, 0.15) is 24.5 Å². The smallest absolute Gasteiger partial charge is 0.203 e. The molecular weight excluding hydrogens is 332 g/mol. The second-order valence-corrected chi connectivity index (χ2v) is 8.59. The molecule has 2 aromatic carbocycles. The lowest BCUT2D eigenvalue weighted by Gasteiger charge is -2.20. The van der Waals surface area contributed by atoms with Crippen LogP contribution in [-0.4, -0.2) is 13.5 Å². The fourth-order valence-corrected chi connectivity index (χ4v) is 5.85. The molecule has 1 unspecified atom stereocenters. The molecule has 0 radical (unpaired) electrons. The van der Waals surface area contributed by atoms with Crippen LogP contribution in [0.3, 0.4) is 0 Å². The van der Waals surface area contributed by atoms with E-state index >= 15 is 0 Å². The maximum atomic E-state index is 13.2. The Labute approximate surface area is 148 Å². The predicted octanol–water partition coefficient (Wildman–Crippen LogP) is 4.04. The molecule has 2 bridgehead atoms. The number of hydrogen-bond donors (Lipinski definition) is 1. The van der Waals surface area contributed by atoms with Gasteiger partial charge in [-0.3, -0.25) is 0 Å². The van der Waals surface area contributed by atoms with Crippen LogP contribution in [0.4, 0.5) is 0 Å². The van der Waals surface area contributed by atoms with Gasteiger partial charge >= 0.3 is 0 Å². The van der Waals surface area contributed by atoms with Crippen molar-refractivity contribution in [2.45, 2.75) is 23.8 Å². The van der Waals surface area contributed by atoms with Gasteiger partial charge in [-0.1, -0.05) is 60.7 Å². The first-order valence-corrected chi connectivity index (χ1v) is 10.00. The molecule has 0 spiro atoms. The summed E-state index contributed by atoms with van der Waals surface area (Å²) >= 11 is 0. The van der Waals surface area contributed by atoms with Crippen LogP contribution in [-0.2, 0) is 9.84 Å². The molecule has 0 aromatic heterocycles. The van der Waals surface area contributed by atoms with Crippen LogP contribution < -0.4 is 0 Å². The molecule has 4 heteroatoms. The van der Waals surface area contributed by atoms with Crippen LogP contribution >= 0.6 is 0 Å². The summed E-state index contributed by atoms with van der Waals surface area (Å²) in [6, 6.07) is 18.0. The fraction of sp³-hybridized carbons (Fsp3) is 0.238. The second kappa shape index (κ2) is 6.28. The van der Waals surface area contributed by atoms with Crippen LogP contribution in [0.15, 0.2) is 88.2 Å². The third kappa shape index (κ3) is 2.86. The summed E-state index contributed by atoms with van der Waals surface area (Å²) in [4.78, 5) is 0.832. The van der Waals surface area contributed by atoms with Crippen LogP contribution in [0.2, 0.25) is 0 Å². The molecule has 3 nitrogen and oxygen atoms in total. The molecule has 2 aromatic rings. The summed E-state index contributed by atoms with van der Waals surface area (Å²) in [6.45, 7) is 0. The van der Waals surface area contributed by atoms with Gasteiger partial charge in [0, 0.05) is 18.3 Å². The van der Waals surface area contributed by atoms with E-state index < -0.39 is 15.9 Å². The van der Waals surface area contributed by atoms with Gasteiger partial charge in [-0.25, -0.2) is 8.42 Å². The molecule has 128 valence electrons. The highest BCUT2D eigenvalue weighted by Crippen LogP contribution is 2.50. The van der Waals surface area contributed by atoms with E-state index in [1.54, 1.807) is 24.3 Å². The predicted molar refractivity (Wildman–Crippen MR) is 97.4 cm³/mol. The van der Waals surface area contributed by atoms with E-state index in [0.717, 1.165) is 17.6 Å².